The third kappa shape index (κ3) is 7.56. The molecule has 23 heavy (non-hydrogen) atoms. The molecule has 2 rings (SSSR count). The van der Waals surface area contributed by atoms with E-state index in [1.807, 2.05) is 12.1 Å². The molecule has 2 N–H and O–H groups in total. The fourth-order valence-electron chi connectivity index (χ4n) is 2.88. The van der Waals surface area contributed by atoms with Crippen molar-refractivity contribution in [1.82, 2.24) is 15.5 Å². The smallest absolute Gasteiger partial charge is 0.191 e. The van der Waals surface area contributed by atoms with Gasteiger partial charge in [0, 0.05) is 32.1 Å². The lowest BCUT2D eigenvalue weighted by Crippen LogP contribution is -2.41. The first-order chi connectivity index (χ1) is 10.8. The number of rotatable bonds is 7. The van der Waals surface area contributed by atoms with E-state index in [-0.39, 0.29) is 24.0 Å². The fourth-order valence-corrected chi connectivity index (χ4v) is 2.88. The maximum atomic E-state index is 5.34. The Morgan fingerprint density at radius 1 is 1.39 bits per heavy atom. The summed E-state index contributed by atoms with van der Waals surface area (Å²) in [6.07, 6.45) is 6.62. The van der Waals surface area contributed by atoms with E-state index >= 15 is 0 Å². The van der Waals surface area contributed by atoms with Crippen molar-refractivity contribution in [2.24, 2.45) is 4.99 Å². The van der Waals surface area contributed by atoms with E-state index < -0.39 is 0 Å². The Bertz CT molecular complexity index is 436. The SMILES string of the molecule is CCNC(=NCCN1CCCCC1C)NCCc1ccco1.I. The van der Waals surface area contributed by atoms with Crippen LogP contribution in [-0.4, -0.2) is 49.6 Å². The molecule has 2 heterocycles. The van der Waals surface area contributed by atoms with Crippen molar-refractivity contribution in [2.75, 3.05) is 32.7 Å². The summed E-state index contributed by atoms with van der Waals surface area (Å²) in [5.74, 6) is 1.91. The number of furan rings is 1. The molecule has 0 amide bonds. The van der Waals surface area contributed by atoms with Crippen molar-refractivity contribution < 1.29 is 4.42 Å². The molecule has 132 valence electrons. The van der Waals surface area contributed by atoms with Crippen LogP contribution in [0.2, 0.25) is 0 Å². The van der Waals surface area contributed by atoms with Gasteiger partial charge in [-0.05, 0) is 45.4 Å². The van der Waals surface area contributed by atoms with Crippen LogP contribution < -0.4 is 10.6 Å². The minimum atomic E-state index is 0. The summed E-state index contributed by atoms with van der Waals surface area (Å²) < 4.78 is 5.34. The predicted molar refractivity (Wildman–Crippen MR) is 107 cm³/mol. The van der Waals surface area contributed by atoms with Gasteiger partial charge in [0.25, 0.3) is 0 Å². The largest absolute Gasteiger partial charge is 0.469 e. The van der Waals surface area contributed by atoms with Gasteiger partial charge in [-0.2, -0.15) is 0 Å². The molecule has 1 aromatic rings. The summed E-state index contributed by atoms with van der Waals surface area (Å²) in [6.45, 7) is 9.26. The zero-order valence-corrected chi connectivity index (χ0v) is 16.7. The molecule has 1 fully saturated rings. The lowest BCUT2D eigenvalue weighted by atomic mass is 10.0. The molecule has 1 aromatic heterocycles. The molecular formula is C17H31IN4O. The third-order valence-corrected chi connectivity index (χ3v) is 4.19. The van der Waals surface area contributed by atoms with Crippen LogP contribution in [-0.2, 0) is 6.42 Å². The van der Waals surface area contributed by atoms with Crippen LogP contribution in [0.3, 0.4) is 0 Å². The normalized spacial score (nSPS) is 19.2. The van der Waals surface area contributed by atoms with E-state index in [0.717, 1.165) is 44.3 Å². The maximum Gasteiger partial charge on any atom is 0.191 e. The molecule has 0 radical (unpaired) electrons. The summed E-state index contributed by atoms with van der Waals surface area (Å²) in [6, 6.07) is 4.64. The van der Waals surface area contributed by atoms with Crippen molar-refractivity contribution in [2.45, 2.75) is 45.6 Å². The van der Waals surface area contributed by atoms with E-state index in [9.17, 15) is 0 Å². The molecule has 0 spiro atoms. The standard InChI is InChI=1S/C17H30N4O.HI/c1-3-18-17(19-10-9-16-8-6-14-22-16)20-11-13-21-12-5-4-7-15(21)2;/h6,8,14-15H,3-5,7,9-13H2,1-2H3,(H2,18,19,20);1H. The second kappa shape index (κ2) is 11.7. The first kappa shape index (κ1) is 20.3. The number of nitrogens with zero attached hydrogens (tertiary/aromatic N) is 2. The molecule has 0 aromatic carbocycles. The molecule has 0 aliphatic carbocycles. The average Bonchev–Trinajstić information content (AvgIpc) is 3.02. The van der Waals surface area contributed by atoms with Crippen molar-refractivity contribution in [3.63, 3.8) is 0 Å². The number of hydrogen-bond acceptors (Lipinski definition) is 3. The minimum Gasteiger partial charge on any atom is -0.469 e. The molecular weight excluding hydrogens is 403 g/mol. The summed E-state index contributed by atoms with van der Waals surface area (Å²) in [5.41, 5.74) is 0. The molecule has 0 bridgehead atoms. The number of nitrogens with one attached hydrogen (secondary N) is 2. The number of guanidine groups is 1. The van der Waals surface area contributed by atoms with Crippen LogP contribution >= 0.6 is 24.0 Å². The second-order valence-corrected chi connectivity index (χ2v) is 5.90. The van der Waals surface area contributed by atoms with E-state index in [4.69, 9.17) is 4.42 Å². The number of piperidine rings is 1. The molecule has 1 unspecified atom stereocenters. The molecule has 5 nitrogen and oxygen atoms in total. The Hall–Kier alpha value is -0.760. The van der Waals surface area contributed by atoms with Crippen molar-refractivity contribution >= 4 is 29.9 Å². The topological polar surface area (TPSA) is 52.8 Å². The highest BCUT2D eigenvalue weighted by atomic mass is 127. The van der Waals surface area contributed by atoms with Crippen molar-refractivity contribution in [3.05, 3.63) is 24.2 Å². The van der Waals surface area contributed by atoms with Gasteiger partial charge in [0.2, 0.25) is 0 Å². The highest BCUT2D eigenvalue weighted by Gasteiger charge is 2.17. The van der Waals surface area contributed by atoms with E-state index in [1.165, 1.54) is 25.8 Å². The maximum absolute atomic E-state index is 5.34. The second-order valence-electron chi connectivity index (χ2n) is 5.90. The average molecular weight is 434 g/mol. The molecule has 1 atom stereocenters. The number of hydrogen-bond donors (Lipinski definition) is 2. The van der Waals surface area contributed by atoms with Crippen LogP contribution in [0.25, 0.3) is 0 Å². The minimum absolute atomic E-state index is 0. The van der Waals surface area contributed by atoms with Gasteiger partial charge in [0.05, 0.1) is 12.8 Å². The highest BCUT2D eigenvalue weighted by molar-refractivity contribution is 14.0. The zero-order valence-electron chi connectivity index (χ0n) is 14.4. The van der Waals surface area contributed by atoms with Gasteiger partial charge >= 0.3 is 0 Å². The predicted octanol–water partition coefficient (Wildman–Crippen LogP) is 2.87. The van der Waals surface area contributed by atoms with Gasteiger partial charge in [-0.15, -0.1) is 24.0 Å². The monoisotopic (exact) mass is 434 g/mol. The lowest BCUT2D eigenvalue weighted by Gasteiger charge is -2.32. The first-order valence-corrected chi connectivity index (χ1v) is 8.58. The van der Waals surface area contributed by atoms with Gasteiger partial charge in [-0.25, -0.2) is 0 Å². The van der Waals surface area contributed by atoms with E-state index in [0.29, 0.717) is 6.04 Å². The Morgan fingerprint density at radius 3 is 2.96 bits per heavy atom. The van der Waals surface area contributed by atoms with Gasteiger partial charge in [-0.1, -0.05) is 6.42 Å². The Labute approximate surface area is 157 Å². The Kier molecular flexibility index (Phi) is 10.3. The van der Waals surface area contributed by atoms with Gasteiger partial charge in [0.15, 0.2) is 5.96 Å². The summed E-state index contributed by atoms with van der Waals surface area (Å²) >= 11 is 0. The van der Waals surface area contributed by atoms with Crippen LogP contribution in [0.4, 0.5) is 0 Å². The van der Waals surface area contributed by atoms with Crippen LogP contribution in [0.1, 0.15) is 38.9 Å². The van der Waals surface area contributed by atoms with Crippen LogP contribution in [0.15, 0.2) is 27.8 Å². The Morgan fingerprint density at radius 2 is 2.26 bits per heavy atom. The quantitative estimate of drug-likeness (QED) is 0.394. The van der Waals surface area contributed by atoms with Gasteiger partial charge < -0.3 is 15.1 Å². The third-order valence-electron chi connectivity index (χ3n) is 4.19. The molecule has 1 aliphatic rings. The number of aliphatic imine (C=N–C) groups is 1. The van der Waals surface area contributed by atoms with Crippen LogP contribution in [0.5, 0.6) is 0 Å². The van der Waals surface area contributed by atoms with Crippen molar-refractivity contribution in [3.8, 4) is 0 Å². The van der Waals surface area contributed by atoms with Crippen molar-refractivity contribution in [1.29, 1.82) is 0 Å². The van der Waals surface area contributed by atoms with Crippen LogP contribution in [0, 0.1) is 0 Å². The molecule has 6 heteroatoms. The molecule has 0 saturated carbocycles. The first-order valence-electron chi connectivity index (χ1n) is 8.58. The molecule has 1 saturated heterocycles. The van der Waals surface area contributed by atoms with E-state index in [1.54, 1.807) is 6.26 Å². The number of likely N-dealkylation sites (tertiary alicyclic amines) is 1. The zero-order chi connectivity index (χ0) is 15.6. The fraction of sp³-hybridized carbons (Fsp3) is 0.706. The van der Waals surface area contributed by atoms with Gasteiger partial charge in [0.1, 0.15) is 5.76 Å². The summed E-state index contributed by atoms with van der Waals surface area (Å²) in [5, 5.41) is 6.67. The van der Waals surface area contributed by atoms with Gasteiger partial charge in [-0.3, -0.25) is 9.89 Å². The lowest BCUT2D eigenvalue weighted by molar-refractivity contribution is 0.166. The Balaban J connectivity index is 0.00000264. The summed E-state index contributed by atoms with van der Waals surface area (Å²) in [4.78, 5) is 7.24. The van der Waals surface area contributed by atoms with E-state index in [2.05, 4.69) is 34.4 Å². The highest BCUT2D eigenvalue weighted by Crippen LogP contribution is 2.15. The number of halogens is 1. The molecule has 1 aliphatic heterocycles. The summed E-state index contributed by atoms with van der Waals surface area (Å²) in [7, 11) is 0.